The average Bonchev–Trinajstić information content (AvgIpc) is 2.83. The van der Waals surface area contributed by atoms with Crippen LogP contribution in [0.25, 0.3) is 21.9 Å². The number of furan rings is 1. The van der Waals surface area contributed by atoms with Gasteiger partial charge < -0.3 is 9.15 Å². The maximum absolute atomic E-state index is 11.7. The Morgan fingerprint density at radius 2 is 2.05 bits per heavy atom. The molecule has 0 atom stereocenters. The number of fused-ring (bicyclic) bond motifs is 3. The van der Waals surface area contributed by atoms with Crippen LogP contribution in [-0.4, -0.2) is 12.6 Å². The second kappa shape index (κ2) is 5.58. The van der Waals surface area contributed by atoms with Crippen LogP contribution in [0.3, 0.4) is 0 Å². The summed E-state index contributed by atoms with van der Waals surface area (Å²) >= 11 is 12.2. The molecule has 21 heavy (non-hydrogen) atoms. The molecule has 2 aromatic carbocycles. The van der Waals surface area contributed by atoms with Gasteiger partial charge in [0.15, 0.2) is 5.58 Å². The Labute approximate surface area is 131 Å². The quantitative estimate of drug-likeness (QED) is 0.637. The Kier molecular flexibility index (Phi) is 3.79. The van der Waals surface area contributed by atoms with Gasteiger partial charge in [-0.3, -0.25) is 4.79 Å². The summed E-state index contributed by atoms with van der Waals surface area (Å²) in [6.07, 6.45) is 0.195. The van der Waals surface area contributed by atoms with Gasteiger partial charge in [0, 0.05) is 10.8 Å². The molecule has 0 saturated carbocycles. The zero-order valence-electron chi connectivity index (χ0n) is 11.3. The second-order valence-electron chi connectivity index (χ2n) is 4.61. The number of benzene rings is 2. The van der Waals surface area contributed by atoms with E-state index in [0.29, 0.717) is 27.8 Å². The Hall–Kier alpha value is -1.71. The minimum absolute atomic E-state index is 0.195. The molecule has 0 spiro atoms. The van der Waals surface area contributed by atoms with Crippen LogP contribution in [0.1, 0.15) is 12.5 Å². The molecule has 3 rings (SSSR count). The molecule has 1 aromatic heterocycles. The van der Waals surface area contributed by atoms with Crippen molar-refractivity contribution in [2.24, 2.45) is 0 Å². The van der Waals surface area contributed by atoms with Crippen molar-refractivity contribution in [3.05, 3.63) is 45.9 Å². The third kappa shape index (κ3) is 2.47. The normalized spacial score (nSPS) is 11.2. The zero-order valence-corrected chi connectivity index (χ0v) is 12.8. The standard InChI is InChI=1S/C16H12Cl2O3/c1-2-20-13(19)8-9-4-3-5-12-14(9)10-6-7-11(17)15(18)16(10)21-12/h3-7H,2,8H2,1H3. The van der Waals surface area contributed by atoms with E-state index in [9.17, 15) is 4.79 Å². The fraction of sp³-hybridized carbons (Fsp3) is 0.188. The molecule has 0 aliphatic heterocycles. The van der Waals surface area contributed by atoms with Crippen molar-refractivity contribution in [1.82, 2.24) is 0 Å². The number of carbonyl (C=O) groups excluding carboxylic acids is 1. The van der Waals surface area contributed by atoms with E-state index >= 15 is 0 Å². The van der Waals surface area contributed by atoms with Crippen molar-refractivity contribution in [2.45, 2.75) is 13.3 Å². The van der Waals surface area contributed by atoms with E-state index < -0.39 is 0 Å². The number of ether oxygens (including phenoxy) is 1. The van der Waals surface area contributed by atoms with E-state index in [4.69, 9.17) is 32.4 Å². The van der Waals surface area contributed by atoms with Crippen LogP contribution in [-0.2, 0) is 16.0 Å². The fourth-order valence-electron chi connectivity index (χ4n) is 2.42. The average molecular weight is 323 g/mol. The largest absolute Gasteiger partial charge is 0.466 e. The van der Waals surface area contributed by atoms with Gasteiger partial charge in [-0.2, -0.15) is 0 Å². The summed E-state index contributed by atoms with van der Waals surface area (Å²) in [6.45, 7) is 2.15. The maximum atomic E-state index is 11.7. The van der Waals surface area contributed by atoms with Gasteiger partial charge in [0.1, 0.15) is 10.6 Å². The molecule has 0 aliphatic carbocycles. The molecule has 0 saturated heterocycles. The van der Waals surface area contributed by atoms with Crippen molar-refractivity contribution >= 4 is 51.1 Å². The van der Waals surface area contributed by atoms with E-state index in [0.717, 1.165) is 16.3 Å². The number of carbonyl (C=O) groups is 1. The highest BCUT2D eigenvalue weighted by atomic mass is 35.5. The van der Waals surface area contributed by atoms with Crippen molar-refractivity contribution in [3.63, 3.8) is 0 Å². The summed E-state index contributed by atoms with van der Waals surface area (Å²) in [5, 5.41) is 2.54. The smallest absolute Gasteiger partial charge is 0.310 e. The molecular formula is C16H12Cl2O3. The summed E-state index contributed by atoms with van der Waals surface area (Å²) in [5.41, 5.74) is 2.06. The number of esters is 1. The van der Waals surface area contributed by atoms with Gasteiger partial charge in [-0.15, -0.1) is 0 Å². The molecular weight excluding hydrogens is 311 g/mol. The first-order chi connectivity index (χ1) is 10.1. The molecule has 108 valence electrons. The molecule has 0 N–H and O–H groups in total. The van der Waals surface area contributed by atoms with Crippen molar-refractivity contribution in [1.29, 1.82) is 0 Å². The molecule has 0 unspecified atom stereocenters. The minimum Gasteiger partial charge on any atom is -0.466 e. The molecule has 3 nitrogen and oxygen atoms in total. The highest BCUT2D eigenvalue weighted by Gasteiger charge is 2.16. The van der Waals surface area contributed by atoms with Crippen LogP contribution in [0.5, 0.6) is 0 Å². The topological polar surface area (TPSA) is 39.4 Å². The van der Waals surface area contributed by atoms with Crippen molar-refractivity contribution in [3.8, 4) is 0 Å². The summed E-state index contributed by atoms with van der Waals surface area (Å²) in [7, 11) is 0. The van der Waals surface area contributed by atoms with Crippen molar-refractivity contribution in [2.75, 3.05) is 6.61 Å². The highest BCUT2D eigenvalue weighted by Crippen LogP contribution is 2.38. The summed E-state index contributed by atoms with van der Waals surface area (Å²) in [5.74, 6) is -0.264. The zero-order chi connectivity index (χ0) is 15.0. The molecule has 0 amide bonds. The lowest BCUT2D eigenvalue weighted by Crippen LogP contribution is -2.07. The van der Waals surface area contributed by atoms with Crippen LogP contribution >= 0.6 is 23.2 Å². The third-order valence-corrected chi connectivity index (χ3v) is 4.07. The predicted octanol–water partition coefficient (Wildman–Crippen LogP) is 5.00. The number of halogens is 2. The lowest BCUT2D eigenvalue weighted by atomic mass is 10.0. The van der Waals surface area contributed by atoms with Gasteiger partial charge in [0.05, 0.1) is 18.1 Å². The van der Waals surface area contributed by atoms with E-state index in [-0.39, 0.29) is 12.4 Å². The number of rotatable bonds is 3. The SMILES string of the molecule is CCOC(=O)Cc1cccc2oc3c(Cl)c(Cl)ccc3c12. The highest BCUT2D eigenvalue weighted by molar-refractivity contribution is 6.45. The van der Waals surface area contributed by atoms with Gasteiger partial charge in [-0.1, -0.05) is 35.3 Å². The van der Waals surface area contributed by atoms with E-state index in [1.54, 1.807) is 13.0 Å². The first kappa shape index (κ1) is 14.2. The number of hydrogen-bond donors (Lipinski definition) is 0. The van der Waals surface area contributed by atoms with Crippen LogP contribution in [0, 0.1) is 0 Å². The third-order valence-electron chi connectivity index (χ3n) is 3.28. The van der Waals surface area contributed by atoms with Crippen LogP contribution < -0.4 is 0 Å². The van der Waals surface area contributed by atoms with Crippen LogP contribution in [0.2, 0.25) is 10.0 Å². The van der Waals surface area contributed by atoms with Gasteiger partial charge in [0.2, 0.25) is 0 Å². The van der Waals surface area contributed by atoms with Crippen LogP contribution in [0.4, 0.5) is 0 Å². The maximum Gasteiger partial charge on any atom is 0.310 e. The lowest BCUT2D eigenvalue weighted by Gasteiger charge is -2.03. The molecule has 0 radical (unpaired) electrons. The lowest BCUT2D eigenvalue weighted by molar-refractivity contribution is -0.142. The molecule has 0 bridgehead atoms. The fourth-order valence-corrected chi connectivity index (χ4v) is 2.77. The van der Waals surface area contributed by atoms with Gasteiger partial charge >= 0.3 is 5.97 Å². The van der Waals surface area contributed by atoms with Gasteiger partial charge in [0.25, 0.3) is 0 Å². The molecule has 5 heteroatoms. The first-order valence-electron chi connectivity index (χ1n) is 6.55. The Balaban J connectivity index is 2.22. The summed E-state index contributed by atoms with van der Waals surface area (Å²) in [6, 6.07) is 9.14. The van der Waals surface area contributed by atoms with E-state index in [1.807, 2.05) is 24.3 Å². The van der Waals surface area contributed by atoms with E-state index in [1.165, 1.54) is 0 Å². The van der Waals surface area contributed by atoms with E-state index in [2.05, 4.69) is 0 Å². The first-order valence-corrected chi connectivity index (χ1v) is 7.31. The number of hydrogen-bond acceptors (Lipinski definition) is 3. The molecule has 0 aliphatic rings. The summed E-state index contributed by atoms with van der Waals surface area (Å²) in [4.78, 5) is 11.7. The Morgan fingerprint density at radius 1 is 1.24 bits per heavy atom. The molecule has 3 aromatic rings. The Morgan fingerprint density at radius 3 is 2.81 bits per heavy atom. The van der Waals surface area contributed by atoms with Crippen molar-refractivity contribution < 1.29 is 13.9 Å². The van der Waals surface area contributed by atoms with Gasteiger partial charge in [-0.25, -0.2) is 0 Å². The molecule has 1 heterocycles. The monoisotopic (exact) mass is 322 g/mol. The van der Waals surface area contributed by atoms with Crippen LogP contribution in [0.15, 0.2) is 34.7 Å². The van der Waals surface area contributed by atoms with Gasteiger partial charge in [-0.05, 0) is 30.7 Å². The Bertz CT molecular complexity index is 836. The molecule has 0 fully saturated rings. The second-order valence-corrected chi connectivity index (χ2v) is 5.40. The predicted molar refractivity (Wildman–Crippen MR) is 84.1 cm³/mol. The minimum atomic E-state index is -0.264. The summed E-state index contributed by atoms with van der Waals surface area (Å²) < 4.78 is 10.8.